The van der Waals surface area contributed by atoms with Crippen LogP contribution in [0.4, 0.5) is 0 Å². The van der Waals surface area contributed by atoms with E-state index in [2.05, 4.69) is 6.92 Å². The van der Waals surface area contributed by atoms with Crippen LogP contribution in [0.15, 0.2) is 11.8 Å². The van der Waals surface area contributed by atoms with E-state index in [1.807, 2.05) is 6.08 Å². The van der Waals surface area contributed by atoms with Gasteiger partial charge in [-0.25, -0.2) is 0 Å². The summed E-state index contributed by atoms with van der Waals surface area (Å²) in [6.45, 7) is 2.38. The molecule has 3 heteroatoms. The molecule has 0 aromatic carbocycles. The Labute approximate surface area is 112 Å². The molecule has 0 bridgehead atoms. The first-order valence-electron chi connectivity index (χ1n) is 7.12. The Bertz CT molecular complexity index is 212. The topological polar surface area (TPSA) is 35.5 Å². The maximum absolute atomic E-state index is 10.6. The standard InChI is InChI=1S/C15H28O3/c1-3-4-5-6-7-8-9-10-11-12-15(13-16)18-14-17-2/h12-13H,3-11,14H2,1-2H3/b15-12+. The highest BCUT2D eigenvalue weighted by atomic mass is 16.7. The number of allylic oxidation sites excluding steroid dienone is 2. The zero-order valence-electron chi connectivity index (χ0n) is 12.0. The zero-order valence-corrected chi connectivity index (χ0v) is 12.0. The molecule has 0 aliphatic carbocycles. The second-order valence-corrected chi connectivity index (χ2v) is 4.54. The van der Waals surface area contributed by atoms with Crippen molar-refractivity contribution in [2.75, 3.05) is 13.9 Å². The fourth-order valence-electron chi connectivity index (χ4n) is 1.79. The summed E-state index contributed by atoms with van der Waals surface area (Å²) in [5.74, 6) is 0.389. The normalized spacial score (nSPS) is 11.6. The predicted octanol–water partition coefficient (Wildman–Crippen LogP) is 4.22. The van der Waals surface area contributed by atoms with E-state index in [1.54, 1.807) is 7.11 Å². The van der Waals surface area contributed by atoms with Gasteiger partial charge < -0.3 is 9.47 Å². The predicted molar refractivity (Wildman–Crippen MR) is 74.3 cm³/mol. The Balaban J connectivity index is 3.36. The lowest BCUT2D eigenvalue weighted by Gasteiger charge is -2.03. The van der Waals surface area contributed by atoms with Gasteiger partial charge in [-0.3, -0.25) is 4.79 Å². The quantitative estimate of drug-likeness (QED) is 0.163. The summed E-state index contributed by atoms with van der Waals surface area (Å²) in [6, 6.07) is 0. The summed E-state index contributed by atoms with van der Waals surface area (Å²) in [5, 5.41) is 0. The maximum Gasteiger partial charge on any atom is 0.188 e. The van der Waals surface area contributed by atoms with Gasteiger partial charge in [0.2, 0.25) is 0 Å². The highest BCUT2D eigenvalue weighted by molar-refractivity contribution is 5.69. The fraction of sp³-hybridized carbons (Fsp3) is 0.800. The van der Waals surface area contributed by atoms with E-state index in [-0.39, 0.29) is 6.79 Å². The second kappa shape index (κ2) is 14.2. The van der Waals surface area contributed by atoms with Crippen molar-refractivity contribution in [1.29, 1.82) is 0 Å². The minimum Gasteiger partial charge on any atom is -0.464 e. The number of hydrogen-bond donors (Lipinski definition) is 0. The van der Waals surface area contributed by atoms with E-state index < -0.39 is 0 Å². The molecule has 0 aromatic heterocycles. The summed E-state index contributed by atoms with van der Waals surface area (Å²) in [5.41, 5.74) is 0. The number of ether oxygens (including phenoxy) is 2. The van der Waals surface area contributed by atoms with Gasteiger partial charge in [-0.1, -0.05) is 51.9 Å². The van der Waals surface area contributed by atoms with Crippen LogP contribution in [0.5, 0.6) is 0 Å². The number of carbonyl (C=O) groups is 1. The Hall–Kier alpha value is -0.830. The molecule has 0 unspecified atom stereocenters. The second-order valence-electron chi connectivity index (χ2n) is 4.54. The minimum absolute atomic E-state index is 0.141. The lowest BCUT2D eigenvalue weighted by molar-refractivity contribution is -0.110. The third kappa shape index (κ3) is 11.6. The van der Waals surface area contributed by atoms with Gasteiger partial charge >= 0.3 is 0 Å². The summed E-state index contributed by atoms with van der Waals surface area (Å²) >= 11 is 0. The largest absolute Gasteiger partial charge is 0.464 e. The molecule has 18 heavy (non-hydrogen) atoms. The highest BCUT2D eigenvalue weighted by Crippen LogP contribution is 2.10. The first-order chi connectivity index (χ1) is 8.85. The molecule has 106 valence electrons. The first kappa shape index (κ1) is 17.2. The van der Waals surface area contributed by atoms with Crippen LogP contribution in [0.3, 0.4) is 0 Å². The monoisotopic (exact) mass is 256 g/mol. The van der Waals surface area contributed by atoms with Gasteiger partial charge in [-0.15, -0.1) is 0 Å². The molecule has 0 fully saturated rings. The molecule has 0 saturated heterocycles. The summed E-state index contributed by atoms with van der Waals surface area (Å²) in [6.07, 6.45) is 13.9. The Morgan fingerprint density at radius 1 is 1.00 bits per heavy atom. The lowest BCUT2D eigenvalue weighted by Crippen LogP contribution is -1.97. The Kier molecular flexibility index (Phi) is 13.6. The van der Waals surface area contributed by atoms with E-state index in [4.69, 9.17) is 9.47 Å². The molecular formula is C15H28O3. The van der Waals surface area contributed by atoms with Crippen LogP contribution in [0.2, 0.25) is 0 Å². The smallest absolute Gasteiger partial charge is 0.188 e. The van der Waals surface area contributed by atoms with Gasteiger partial charge in [-0.2, -0.15) is 0 Å². The van der Waals surface area contributed by atoms with E-state index >= 15 is 0 Å². The van der Waals surface area contributed by atoms with Crippen molar-refractivity contribution in [3.05, 3.63) is 11.8 Å². The van der Waals surface area contributed by atoms with Crippen molar-refractivity contribution in [1.82, 2.24) is 0 Å². The van der Waals surface area contributed by atoms with Crippen LogP contribution >= 0.6 is 0 Å². The van der Waals surface area contributed by atoms with Crippen molar-refractivity contribution in [3.8, 4) is 0 Å². The van der Waals surface area contributed by atoms with Gasteiger partial charge in [0.15, 0.2) is 18.8 Å². The zero-order chi connectivity index (χ0) is 13.5. The van der Waals surface area contributed by atoms with Crippen molar-refractivity contribution >= 4 is 6.29 Å². The molecular weight excluding hydrogens is 228 g/mol. The van der Waals surface area contributed by atoms with Crippen molar-refractivity contribution in [2.24, 2.45) is 0 Å². The first-order valence-corrected chi connectivity index (χ1v) is 7.12. The van der Waals surface area contributed by atoms with E-state index in [0.29, 0.717) is 5.76 Å². The van der Waals surface area contributed by atoms with Gasteiger partial charge in [0.05, 0.1) is 0 Å². The number of rotatable bonds is 13. The molecule has 0 aliphatic heterocycles. The van der Waals surface area contributed by atoms with E-state index in [1.165, 1.54) is 44.9 Å². The van der Waals surface area contributed by atoms with Crippen LogP contribution < -0.4 is 0 Å². The van der Waals surface area contributed by atoms with Crippen LogP contribution in [-0.4, -0.2) is 20.2 Å². The average molecular weight is 256 g/mol. The summed E-state index contributed by atoms with van der Waals surface area (Å²) in [7, 11) is 1.54. The van der Waals surface area contributed by atoms with Crippen molar-refractivity contribution < 1.29 is 14.3 Å². The maximum atomic E-state index is 10.6. The molecule has 0 saturated carbocycles. The minimum atomic E-state index is 0.141. The third-order valence-electron chi connectivity index (χ3n) is 2.86. The van der Waals surface area contributed by atoms with Crippen molar-refractivity contribution in [2.45, 2.75) is 64.7 Å². The Morgan fingerprint density at radius 2 is 1.61 bits per heavy atom. The summed E-state index contributed by atoms with van der Waals surface area (Å²) in [4.78, 5) is 10.6. The SMILES string of the molecule is CCCCCCCCCC/C=C(\C=O)OCOC. The fourth-order valence-corrected chi connectivity index (χ4v) is 1.79. The molecule has 0 spiro atoms. The van der Waals surface area contributed by atoms with Crippen LogP contribution in [0, 0.1) is 0 Å². The van der Waals surface area contributed by atoms with Crippen molar-refractivity contribution in [3.63, 3.8) is 0 Å². The number of hydrogen-bond acceptors (Lipinski definition) is 3. The molecule has 3 nitrogen and oxygen atoms in total. The van der Waals surface area contributed by atoms with Crippen LogP contribution in [0.25, 0.3) is 0 Å². The molecule has 0 radical (unpaired) electrons. The molecule has 0 N–H and O–H groups in total. The number of unbranched alkanes of at least 4 members (excludes halogenated alkanes) is 8. The third-order valence-corrected chi connectivity index (χ3v) is 2.86. The summed E-state index contributed by atoms with van der Waals surface area (Å²) < 4.78 is 9.83. The number of aldehydes is 1. The molecule has 0 amide bonds. The van der Waals surface area contributed by atoms with Gasteiger partial charge in [0.25, 0.3) is 0 Å². The lowest BCUT2D eigenvalue weighted by atomic mass is 10.1. The van der Waals surface area contributed by atoms with Gasteiger partial charge in [0, 0.05) is 7.11 Å². The molecule has 0 aliphatic rings. The average Bonchev–Trinajstić information content (AvgIpc) is 2.40. The number of carbonyl (C=O) groups excluding carboxylic acids is 1. The van der Waals surface area contributed by atoms with Crippen LogP contribution in [-0.2, 0) is 14.3 Å². The highest BCUT2D eigenvalue weighted by Gasteiger charge is 1.95. The molecule has 0 heterocycles. The van der Waals surface area contributed by atoms with Crippen LogP contribution in [0.1, 0.15) is 64.7 Å². The molecule has 0 atom stereocenters. The van der Waals surface area contributed by atoms with Gasteiger partial charge in [-0.05, 0) is 18.9 Å². The van der Waals surface area contributed by atoms with E-state index in [9.17, 15) is 4.79 Å². The van der Waals surface area contributed by atoms with Gasteiger partial charge in [0.1, 0.15) is 0 Å². The molecule has 0 aromatic rings. The van der Waals surface area contributed by atoms with E-state index in [0.717, 1.165) is 19.1 Å². The Morgan fingerprint density at radius 3 is 2.17 bits per heavy atom. The number of methoxy groups -OCH3 is 1. The molecule has 0 rings (SSSR count).